The number of fused-ring (bicyclic) bond motifs is 9. The molecule has 1 aliphatic rings. The third-order valence-electron chi connectivity index (χ3n) is 12.0. The molecule has 1 fully saturated rings. The molecule has 1 saturated carbocycles. The van der Waals surface area contributed by atoms with Crippen molar-refractivity contribution in [2.75, 3.05) is 0 Å². The van der Waals surface area contributed by atoms with Crippen molar-refractivity contribution in [3.8, 4) is 39.6 Å². The van der Waals surface area contributed by atoms with E-state index in [1.807, 2.05) is 30.3 Å². The Morgan fingerprint density at radius 3 is 1.82 bits per heavy atom. The van der Waals surface area contributed by atoms with Crippen LogP contribution in [0, 0.1) is 0 Å². The fraction of sp³-hybridized carbons (Fsp3) is 0.118. The van der Waals surface area contributed by atoms with Crippen LogP contribution in [0.4, 0.5) is 0 Å². The molecule has 4 heterocycles. The molecule has 0 spiro atoms. The van der Waals surface area contributed by atoms with Crippen molar-refractivity contribution >= 4 is 65.7 Å². The molecule has 1 aliphatic carbocycles. The van der Waals surface area contributed by atoms with E-state index < -0.39 is 0 Å². The molecule has 12 rings (SSSR count). The van der Waals surface area contributed by atoms with Gasteiger partial charge in [-0.1, -0.05) is 110 Å². The van der Waals surface area contributed by atoms with Crippen molar-refractivity contribution < 1.29 is 8.83 Å². The maximum absolute atomic E-state index is 6.59. The van der Waals surface area contributed by atoms with E-state index >= 15 is 0 Å². The van der Waals surface area contributed by atoms with E-state index in [0.29, 0.717) is 11.7 Å². The molecule has 0 saturated heterocycles. The van der Waals surface area contributed by atoms with Gasteiger partial charge in [-0.3, -0.25) is 0 Å². The third kappa shape index (κ3) is 5.28. The van der Waals surface area contributed by atoms with Gasteiger partial charge >= 0.3 is 0 Å². The highest BCUT2D eigenvalue weighted by Gasteiger charge is 2.22. The zero-order valence-electron chi connectivity index (χ0n) is 31.2. The minimum Gasteiger partial charge on any atom is -0.456 e. The molecule has 0 N–H and O–H groups in total. The Kier molecular flexibility index (Phi) is 7.21. The molecule has 0 amide bonds. The second kappa shape index (κ2) is 12.8. The number of aromatic nitrogens is 4. The Morgan fingerprint density at radius 2 is 1.02 bits per heavy atom. The average molecular weight is 737 g/mol. The van der Waals surface area contributed by atoms with Crippen LogP contribution in [0.15, 0.2) is 160 Å². The normalized spacial score (nSPS) is 13.9. The molecule has 7 aromatic carbocycles. The van der Waals surface area contributed by atoms with Crippen LogP contribution in [-0.2, 0) is 0 Å². The van der Waals surface area contributed by atoms with Crippen molar-refractivity contribution in [2.45, 2.75) is 38.0 Å². The molecular formula is C51H36N4O2. The first-order valence-electron chi connectivity index (χ1n) is 20.0. The standard InChI is InChI=1S/C51H36N4O2/c1-3-11-32(12-4-1)49-52-50(33-13-5-2-6-14-33)54-51(53-49)35-22-26-40-39-25-21-34(27-46(39)57-47(40)28-35)31-19-23-36(24-20-31)55-43-17-9-7-15-37(43)41-30-48-42(29-44(41)55)38-16-8-10-18-45(38)56-48/h1,3-4,7-12,15-30,33H,2,5-6,13-14H2. The van der Waals surface area contributed by atoms with Gasteiger partial charge in [0.05, 0.1) is 11.0 Å². The number of hydrogen-bond acceptors (Lipinski definition) is 5. The van der Waals surface area contributed by atoms with Gasteiger partial charge in [-0.25, -0.2) is 15.0 Å². The summed E-state index contributed by atoms with van der Waals surface area (Å²) < 4.78 is 15.2. The first-order chi connectivity index (χ1) is 28.2. The third-order valence-corrected chi connectivity index (χ3v) is 12.0. The smallest absolute Gasteiger partial charge is 0.163 e. The van der Waals surface area contributed by atoms with Gasteiger partial charge < -0.3 is 13.4 Å². The molecule has 272 valence electrons. The van der Waals surface area contributed by atoms with Gasteiger partial charge in [-0.2, -0.15) is 0 Å². The van der Waals surface area contributed by atoms with Gasteiger partial charge in [0.15, 0.2) is 11.6 Å². The van der Waals surface area contributed by atoms with E-state index in [-0.39, 0.29) is 0 Å². The van der Waals surface area contributed by atoms with Crippen molar-refractivity contribution in [1.29, 1.82) is 0 Å². The summed E-state index contributed by atoms with van der Waals surface area (Å²) in [5, 5.41) is 6.80. The first kappa shape index (κ1) is 32.2. The van der Waals surface area contributed by atoms with E-state index in [2.05, 4.69) is 126 Å². The summed E-state index contributed by atoms with van der Waals surface area (Å²) >= 11 is 0. The Morgan fingerprint density at radius 1 is 0.404 bits per heavy atom. The Labute approximate surface area is 328 Å². The summed E-state index contributed by atoms with van der Waals surface area (Å²) in [6, 6.07) is 53.3. The van der Waals surface area contributed by atoms with Gasteiger partial charge in [-0.15, -0.1) is 0 Å². The van der Waals surface area contributed by atoms with Gasteiger partial charge in [0.25, 0.3) is 0 Å². The van der Waals surface area contributed by atoms with E-state index in [1.165, 1.54) is 35.6 Å². The van der Waals surface area contributed by atoms with Crippen molar-refractivity contribution in [1.82, 2.24) is 19.5 Å². The predicted octanol–water partition coefficient (Wildman–Crippen LogP) is 13.8. The average Bonchev–Trinajstić information content (AvgIpc) is 3.94. The van der Waals surface area contributed by atoms with Crippen molar-refractivity contribution in [2.24, 2.45) is 0 Å². The second-order valence-electron chi connectivity index (χ2n) is 15.4. The van der Waals surface area contributed by atoms with E-state index in [1.54, 1.807) is 0 Å². The monoisotopic (exact) mass is 736 g/mol. The molecule has 11 aromatic rings. The summed E-state index contributed by atoms with van der Waals surface area (Å²) in [6.07, 6.45) is 5.97. The highest BCUT2D eigenvalue weighted by Crippen LogP contribution is 2.40. The second-order valence-corrected chi connectivity index (χ2v) is 15.4. The van der Waals surface area contributed by atoms with Crippen LogP contribution in [0.1, 0.15) is 43.8 Å². The van der Waals surface area contributed by atoms with E-state index in [9.17, 15) is 0 Å². The van der Waals surface area contributed by atoms with Crippen LogP contribution in [0.25, 0.3) is 105 Å². The molecule has 0 atom stereocenters. The lowest BCUT2D eigenvalue weighted by Gasteiger charge is -2.21. The molecule has 57 heavy (non-hydrogen) atoms. The van der Waals surface area contributed by atoms with Gasteiger partial charge in [0.1, 0.15) is 28.2 Å². The maximum Gasteiger partial charge on any atom is 0.163 e. The van der Waals surface area contributed by atoms with Crippen LogP contribution >= 0.6 is 0 Å². The van der Waals surface area contributed by atoms with Crippen LogP contribution in [0.3, 0.4) is 0 Å². The molecule has 6 nitrogen and oxygen atoms in total. The first-order valence-corrected chi connectivity index (χ1v) is 20.0. The quantitative estimate of drug-likeness (QED) is 0.176. The minimum atomic E-state index is 0.362. The molecule has 0 aliphatic heterocycles. The number of benzene rings is 7. The molecule has 0 unspecified atom stereocenters. The van der Waals surface area contributed by atoms with Crippen LogP contribution in [-0.4, -0.2) is 19.5 Å². The molecular weight excluding hydrogens is 701 g/mol. The SMILES string of the molecule is c1ccc(-c2nc(-c3ccc4c(c3)oc3cc(-c5ccc(-n6c7ccccc7c7cc8oc9ccccc9c8cc76)cc5)ccc34)nc(C3CCCCC3)n2)cc1. The summed E-state index contributed by atoms with van der Waals surface area (Å²) in [6.45, 7) is 0. The topological polar surface area (TPSA) is 69.9 Å². The maximum atomic E-state index is 6.59. The highest BCUT2D eigenvalue weighted by molar-refractivity contribution is 6.17. The fourth-order valence-electron chi connectivity index (χ4n) is 9.14. The zero-order valence-corrected chi connectivity index (χ0v) is 31.2. The molecule has 0 radical (unpaired) electrons. The molecule has 4 aromatic heterocycles. The van der Waals surface area contributed by atoms with Gasteiger partial charge in [0.2, 0.25) is 0 Å². The lowest BCUT2D eigenvalue weighted by Crippen LogP contribution is -2.11. The number of furan rings is 2. The van der Waals surface area contributed by atoms with Gasteiger partial charge in [0, 0.05) is 55.0 Å². The lowest BCUT2D eigenvalue weighted by molar-refractivity contribution is 0.428. The fourth-order valence-corrected chi connectivity index (χ4v) is 9.14. The van der Waals surface area contributed by atoms with Crippen molar-refractivity contribution in [3.05, 3.63) is 157 Å². The highest BCUT2D eigenvalue weighted by atomic mass is 16.3. The lowest BCUT2D eigenvalue weighted by atomic mass is 9.88. The number of rotatable bonds is 5. The van der Waals surface area contributed by atoms with Crippen LogP contribution in [0.2, 0.25) is 0 Å². The summed E-state index contributed by atoms with van der Waals surface area (Å²) in [5.41, 5.74) is 11.1. The Balaban J connectivity index is 0.913. The molecule has 0 bridgehead atoms. The Hall–Kier alpha value is -7.05. The largest absolute Gasteiger partial charge is 0.456 e. The predicted molar refractivity (Wildman–Crippen MR) is 231 cm³/mol. The summed E-state index contributed by atoms with van der Waals surface area (Å²) in [4.78, 5) is 15.1. The van der Waals surface area contributed by atoms with Crippen LogP contribution in [0.5, 0.6) is 0 Å². The van der Waals surface area contributed by atoms with E-state index in [0.717, 1.165) is 102 Å². The number of para-hydroxylation sites is 2. The van der Waals surface area contributed by atoms with Crippen LogP contribution < -0.4 is 0 Å². The number of nitrogens with zero attached hydrogens (tertiary/aromatic N) is 4. The minimum absolute atomic E-state index is 0.362. The molecule has 6 heteroatoms. The zero-order chi connectivity index (χ0) is 37.5. The summed E-state index contributed by atoms with van der Waals surface area (Å²) in [5.74, 6) is 2.68. The van der Waals surface area contributed by atoms with E-state index in [4.69, 9.17) is 23.8 Å². The van der Waals surface area contributed by atoms with Crippen molar-refractivity contribution in [3.63, 3.8) is 0 Å². The van der Waals surface area contributed by atoms with Gasteiger partial charge in [-0.05, 0) is 84.6 Å². The summed E-state index contributed by atoms with van der Waals surface area (Å²) in [7, 11) is 0. The number of hydrogen-bond donors (Lipinski definition) is 0. The Bertz CT molecular complexity index is 3330.